The Morgan fingerprint density at radius 2 is 0.982 bits per heavy atom. The molecule has 0 saturated carbocycles. The van der Waals surface area contributed by atoms with Gasteiger partial charge in [0.1, 0.15) is 11.5 Å². The van der Waals surface area contributed by atoms with Crippen molar-refractivity contribution in [3.05, 3.63) is 206 Å². The van der Waals surface area contributed by atoms with E-state index in [0.717, 1.165) is 62.6 Å². The molecule has 0 fully saturated rings. The number of benzene rings is 9. The van der Waals surface area contributed by atoms with Crippen LogP contribution in [-0.2, 0) is 0 Å². The molecule has 57 heavy (non-hydrogen) atoms. The summed E-state index contributed by atoms with van der Waals surface area (Å²) < 4.78 is 7.04. The monoisotopic (exact) mass is 727 g/mol. The van der Waals surface area contributed by atoms with Crippen molar-refractivity contribution in [2.45, 2.75) is 0 Å². The minimum absolute atomic E-state index is 0.0103. The molecular formula is C52H34BN3O. The van der Waals surface area contributed by atoms with Gasteiger partial charge in [0.25, 0.3) is 6.71 Å². The average Bonchev–Trinajstić information content (AvgIpc) is 3.28. The summed E-state index contributed by atoms with van der Waals surface area (Å²) in [6.45, 7) is -0.0103. The zero-order chi connectivity index (χ0) is 37.5. The molecule has 9 aromatic carbocycles. The van der Waals surface area contributed by atoms with Crippen LogP contribution in [0.15, 0.2) is 206 Å². The fraction of sp³-hybridized carbons (Fsp3) is 0. The topological polar surface area (TPSA) is 19.0 Å². The zero-order valence-corrected chi connectivity index (χ0v) is 31.0. The van der Waals surface area contributed by atoms with E-state index in [9.17, 15) is 0 Å². The van der Waals surface area contributed by atoms with Crippen molar-refractivity contribution in [2.75, 3.05) is 14.7 Å². The molecule has 0 aliphatic carbocycles. The summed E-state index contributed by atoms with van der Waals surface area (Å²) in [5.74, 6) is 1.80. The van der Waals surface area contributed by atoms with E-state index >= 15 is 0 Å². The van der Waals surface area contributed by atoms with E-state index in [1.165, 1.54) is 38.4 Å². The number of nitrogens with zero attached hydrogens (tertiary/aromatic N) is 3. The van der Waals surface area contributed by atoms with Gasteiger partial charge in [-0.05, 0) is 101 Å². The maximum atomic E-state index is 7.04. The number of fused-ring (bicyclic) bond motifs is 7. The Labute approximate surface area is 332 Å². The average molecular weight is 728 g/mol. The standard InChI is InChI=1S/C52H34BN3O/c1-5-18-35(19-6-1)54(36-20-7-2-8-21-36)44-33-32-39-41-34-48-50-52(51(41)56(38-24-11-4-12-25-38)46-30-17-26-40(44)49(39)46)55(37-22-9-3-10-23-37)45-29-15-13-27-42(45)53(50)43-28-14-16-31-47(43)57-48/h1-34H. The molecule has 0 amide bonds. The van der Waals surface area contributed by atoms with Gasteiger partial charge in [-0.1, -0.05) is 127 Å². The van der Waals surface area contributed by atoms with Crippen molar-refractivity contribution in [1.29, 1.82) is 0 Å². The lowest BCUT2D eigenvalue weighted by atomic mass is 9.34. The molecule has 3 heterocycles. The van der Waals surface area contributed by atoms with Crippen LogP contribution >= 0.6 is 0 Å². The van der Waals surface area contributed by atoms with Gasteiger partial charge >= 0.3 is 0 Å². The number of rotatable bonds is 5. The maximum Gasteiger partial charge on any atom is 0.256 e. The van der Waals surface area contributed by atoms with E-state index in [4.69, 9.17) is 4.74 Å². The first-order valence-corrected chi connectivity index (χ1v) is 19.6. The van der Waals surface area contributed by atoms with E-state index in [1.54, 1.807) is 0 Å². The van der Waals surface area contributed by atoms with Crippen LogP contribution in [0.25, 0.3) is 21.9 Å². The largest absolute Gasteiger partial charge is 0.458 e. The third-order valence-electron chi connectivity index (χ3n) is 11.8. The molecule has 9 aromatic rings. The lowest BCUT2D eigenvalue weighted by Crippen LogP contribution is -2.59. The molecule has 0 saturated heterocycles. The highest BCUT2D eigenvalue weighted by molar-refractivity contribution is 6.99. The lowest BCUT2D eigenvalue weighted by molar-refractivity contribution is 0.488. The Kier molecular flexibility index (Phi) is 6.99. The van der Waals surface area contributed by atoms with Crippen LogP contribution in [0.3, 0.4) is 0 Å². The molecule has 0 spiro atoms. The summed E-state index contributed by atoms with van der Waals surface area (Å²) in [5.41, 5.74) is 16.1. The molecule has 266 valence electrons. The molecule has 5 heteroatoms. The predicted octanol–water partition coefficient (Wildman–Crippen LogP) is 12.2. The molecule has 0 bridgehead atoms. The molecular weight excluding hydrogens is 693 g/mol. The van der Waals surface area contributed by atoms with Gasteiger partial charge in [0.05, 0.1) is 22.7 Å². The fourth-order valence-corrected chi connectivity index (χ4v) is 9.51. The molecule has 12 rings (SSSR count). The highest BCUT2D eigenvalue weighted by atomic mass is 16.5. The smallest absolute Gasteiger partial charge is 0.256 e. The van der Waals surface area contributed by atoms with Crippen LogP contribution in [0.5, 0.6) is 11.5 Å². The van der Waals surface area contributed by atoms with Crippen molar-refractivity contribution in [3.8, 4) is 22.6 Å². The summed E-state index contributed by atoms with van der Waals surface area (Å²) in [7, 11) is 0. The lowest BCUT2D eigenvalue weighted by Gasteiger charge is -2.45. The number of para-hydroxylation sites is 6. The first-order chi connectivity index (χ1) is 28.3. The number of hydrogen-bond donors (Lipinski definition) is 0. The minimum Gasteiger partial charge on any atom is -0.458 e. The first-order valence-electron chi connectivity index (χ1n) is 19.6. The van der Waals surface area contributed by atoms with Crippen LogP contribution in [-0.4, -0.2) is 6.71 Å². The molecule has 0 unspecified atom stereocenters. The SMILES string of the molecule is c1ccc(N2c3ccccc3B3c4ccccc4Oc4cc5c(c2c43)N(c2ccccc2)c2cccc3c(N(c4ccccc4)c4ccccc4)ccc-5c23)cc1. The second kappa shape index (κ2) is 12.5. The van der Waals surface area contributed by atoms with Crippen molar-refractivity contribution in [1.82, 2.24) is 0 Å². The van der Waals surface area contributed by atoms with Gasteiger partial charge in [-0.25, -0.2) is 0 Å². The molecule has 4 nitrogen and oxygen atoms in total. The predicted molar refractivity (Wildman–Crippen MR) is 238 cm³/mol. The Bertz CT molecular complexity index is 2970. The van der Waals surface area contributed by atoms with Crippen LogP contribution in [0.4, 0.5) is 51.2 Å². The van der Waals surface area contributed by atoms with Gasteiger partial charge in [0.15, 0.2) is 0 Å². The van der Waals surface area contributed by atoms with Gasteiger partial charge in [-0.3, -0.25) is 0 Å². The van der Waals surface area contributed by atoms with E-state index in [2.05, 4.69) is 221 Å². The van der Waals surface area contributed by atoms with Gasteiger partial charge < -0.3 is 19.4 Å². The fourth-order valence-electron chi connectivity index (χ4n) is 9.51. The third kappa shape index (κ3) is 4.69. The molecule has 0 radical (unpaired) electrons. The van der Waals surface area contributed by atoms with Crippen molar-refractivity contribution in [2.24, 2.45) is 0 Å². The summed E-state index contributed by atoms with van der Waals surface area (Å²) >= 11 is 0. The van der Waals surface area contributed by atoms with Gasteiger partial charge in [-0.15, -0.1) is 0 Å². The van der Waals surface area contributed by atoms with Crippen molar-refractivity contribution in [3.63, 3.8) is 0 Å². The third-order valence-corrected chi connectivity index (χ3v) is 11.8. The van der Waals surface area contributed by atoms with Gasteiger partial charge in [0.2, 0.25) is 0 Å². The van der Waals surface area contributed by atoms with Crippen LogP contribution < -0.4 is 35.8 Å². The van der Waals surface area contributed by atoms with Gasteiger partial charge in [0, 0.05) is 44.8 Å². The summed E-state index contributed by atoms with van der Waals surface area (Å²) in [6, 6.07) is 74.2. The molecule has 3 aliphatic heterocycles. The van der Waals surface area contributed by atoms with Crippen LogP contribution in [0.2, 0.25) is 0 Å². The number of ether oxygens (including phenoxy) is 1. The Hall–Kier alpha value is -7.50. The Morgan fingerprint density at radius 1 is 0.421 bits per heavy atom. The quantitative estimate of drug-likeness (QED) is 0.164. The van der Waals surface area contributed by atoms with E-state index < -0.39 is 0 Å². The molecule has 0 aromatic heterocycles. The van der Waals surface area contributed by atoms with Gasteiger partial charge in [-0.2, -0.15) is 0 Å². The molecule has 0 N–H and O–H groups in total. The summed E-state index contributed by atoms with van der Waals surface area (Å²) in [5, 5.41) is 2.37. The number of hydrogen-bond acceptors (Lipinski definition) is 4. The molecule has 0 atom stereocenters. The molecule has 3 aliphatic rings. The highest BCUT2D eigenvalue weighted by Crippen LogP contribution is 2.59. The minimum atomic E-state index is -0.0103. The second-order valence-corrected chi connectivity index (χ2v) is 14.8. The second-order valence-electron chi connectivity index (χ2n) is 14.8. The Balaban J connectivity index is 1.22. The van der Waals surface area contributed by atoms with Crippen molar-refractivity contribution >= 4 is 85.1 Å². The van der Waals surface area contributed by atoms with Crippen molar-refractivity contribution < 1.29 is 4.74 Å². The maximum absolute atomic E-state index is 7.04. The zero-order valence-electron chi connectivity index (χ0n) is 31.0. The van der Waals surface area contributed by atoms with Crippen LogP contribution in [0.1, 0.15) is 0 Å². The van der Waals surface area contributed by atoms with Crippen LogP contribution in [0, 0.1) is 0 Å². The summed E-state index contributed by atoms with van der Waals surface area (Å²) in [6.07, 6.45) is 0. The first kappa shape index (κ1) is 31.8. The highest BCUT2D eigenvalue weighted by Gasteiger charge is 2.45. The van der Waals surface area contributed by atoms with E-state index in [0.29, 0.717) is 0 Å². The Morgan fingerprint density at radius 3 is 1.67 bits per heavy atom. The summed E-state index contributed by atoms with van der Waals surface area (Å²) in [4.78, 5) is 7.35. The number of anilines is 9. The van der Waals surface area contributed by atoms with E-state index in [1.807, 2.05) is 0 Å². The normalized spacial score (nSPS) is 12.9. The van der Waals surface area contributed by atoms with E-state index in [-0.39, 0.29) is 6.71 Å².